The number of pyridine rings is 1. The Kier molecular flexibility index (Phi) is 7.21. The standard InChI is InChI=1S/C21H28N6O3/c1-14-9-16(20(22)26-27(23)13-18-7-4-8-30-18)11-19(25-14)21(28)24-12-15-5-3-6-17(10-15)29-2/h3,5-6,9-11,18H,4,7-8,12-13,23H2,1-2H3,(H2,22,26)(H,24,28). The van der Waals surface area contributed by atoms with Crippen LogP contribution in [0.5, 0.6) is 5.75 Å². The van der Waals surface area contributed by atoms with Crippen molar-refractivity contribution in [2.24, 2.45) is 16.7 Å². The summed E-state index contributed by atoms with van der Waals surface area (Å²) in [5.41, 5.74) is 8.53. The smallest absolute Gasteiger partial charge is 0.270 e. The molecule has 1 amide bonds. The van der Waals surface area contributed by atoms with Crippen LogP contribution in [0.1, 0.15) is 40.2 Å². The Morgan fingerprint density at radius 3 is 2.97 bits per heavy atom. The van der Waals surface area contributed by atoms with Gasteiger partial charge in [0, 0.05) is 24.4 Å². The van der Waals surface area contributed by atoms with E-state index in [-0.39, 0.29) is 23.5 Å². The highest BCUT2D eigenvalue weighted by Gasteiger charge is 2.18. The van der Waals surface area contributed by atoms with Gasteiger partial charge in [-0.15, -0.1) is 5.10 Å². The highest BCUT2D eigenvalue weighted by Crippen LogP contribution is 2.14. The van der Waals surface area contributed by atoms with Crippen LogP contribution in [-0.4, -0.2) is 48.2 Å². The summed E-state index contributed by atoms with van der Waals surface area (Å²) in [6, 6.07) is 10.9. The minimum Gasteiger partial charge on any atom is -0.497 e. The van der Waals surface area contributed by atoms with Gasteiger partial charge in [-0.25, -0.2) is 15.9 Å². The zero-order valence-electron chi connectivity index (χ0n) is 17.3. The Morgan fingerprint density at radius 1 is 1.40 bits per heavy atom. The highest BCUT2D eigenvalue weighted by atomic mass is 16.5. The predicted octanol–water partition coefficient (Wildman–Crippen LogP) is 1.30. The third kappa shape index (κ3) is 5.91. The summed E-state index contributed by atoms with van der Waals surface area (Å²) < 4.78 is 10.8. The maximum absolute atomic E-state index is 12.6. The van der Waals surface area contributed by atoms with Crippen LogP contribution < -0.4 is 21.6 Å². The largest absolute Gasteiger partial charge is 0.497 e. The molecule has 0 radical (unpaired) electrons. The molecule has 0 saturated carbocycles. The van der Waals surface area contributed by atoms with Gasteiger partial charge in [0.2, 0.25) is 0 Å². The number of hydrazine groups is 1. The number of benzene rings is 1. The van der Waals surface area contributed by atoms with Crippen molar-refractivity contribution in [3.8, 4) is 5.75 Å². The van der Waals surface area contributed by atoms with Crippen molar-refractivity contribution in [2.75, 3.05) is 20.3 Å². The number of rotatable bonds is 8. The number of nitrogens with zero attached hydrogens (tertiary/aromatic N) is 3. The maximum Gasteiger partial charge on any atom is 0.270 e. The highest BCUT2D eigenvalue weighted by molar-refractivity contribution is 6.00. The predicted molar refractivity (Wildman–Crippen MR) is 114 cm³/mol. The summed E-state index contributed by atoms with van der Waals surface area (Å²) in [6.07, 6.45) is 2.04. The lowest BCUT2D eigenvalue weighted by atomic mass is 10.1. The first kappa shape index (κ1) is 21.5. The number of hydrazone groups is 1. The summed E-state index contributed by atoms with van der Waals surface area (Å²) in [6.45, 7) is 3.35. The van der Waals surface area contributed by atoms with E-state index in [0.717, 1.165) is 30.8 Å². The molecule has 1 fully saturated rings. The van der Waals surface area contributed by atoms with Gasteiger partial charge < -0.3 is 20.5 Å². The lowest BCUT2D eigenvalue weighted by Crippen LogP contribution is -2.36. The van der Waals surface area contributed by atoms with E-state index < -0.39 is 0 Å². The molecule has 30 heavy (non-hydrogen) atoms. The molecule has 160 valence electrons. The van der Waals surface area contributed by atoms with Gasteiger partial charge in [-0.2, -0.15) is 0 Å². The molecule has 1 saturated heterocycles. The number of carbonyl (C=O) groups is 1. The molecular weight excluding hydrogens is 384 g/mol. The van der Waals surface area contributed by atoms with Crippen LogP contribution in [0.3, 0.4) is 0 Å². The van der Waals surface area contributed by atoms with Crippen molar-refractivity contribution in [3.63, 3.8) is 0 Å². The van der Waals surface area contributed by atoms with E-state index in [9.17, 15) is 4.79 Å². The van der Waals surface area contributed by atoms with E-state index in [1.807, 2.05) is 24.3 Å². The van der Waals surface area contributed by atoms with Crippen LogP contribution in [0, 0.1) is 6.92 Å². The van der Waals surface area contributed by atoms with Crippen LogP contribution >= 0.6 is 0 Å². The second-order valence-corrected chi connectivity index (χ2v) is 7.16. The van der Waals surface area contributed by atoms with Crippen LogP contribution in [0.2, 0.25) is 0 Å². The number of aromatic nitrogens is 1. The van der Waals surface area contributed by atoms with Crippen LogP contribution in [0.15, 0.2) is 41.5 Å². The summed E-state index contributed by atoms with van der Waals surface area (Å²) in [7, 11) is 1.60. The number of ether oxygens (including phenoxy) is 2. The Morgan fingerprint density at radius 2 is 2.23 bits per heavy atom. The minimum absolute atomic E-state index is 0.0590. The van der Waals surface area contributed by atoms with Gasteiger partial charge in [0.1, 0.15) is 11.4 Å². The fraction of sp³-hybridized carbons (Fsp3) is 0.381. The summed E-state index contributed by atoms with van der Waals surface area (Å²) in [5.74, 6) is 6.58. The van der Waals surface area contributed by atoms with Crippen LogP contribution in [0.25, 0.3) is 0 Å². The molecule has 1 unspecified atom stereocenters. The normalized spacial score (nSPS) is 16.4. The fourth-order valence-electron chi connectivity index (χ4n) is 3.22. The van der Waals surface area contributed by atoms with Crippen LogP contribution in [-0.2, 0) is 11.3 Å². The molecule has 1 aromatic heterocycles. The average molecular weight is 412 g/mol. The molecule has 0 aliphatic carbocycles. The molecule has 3 rings (SSSR count). The van der Waals surface area contributed by atoms with Gasteiger partial charge in [-0.1, -0.05) is 12.1 Å². The van der Waals surface area contributed by atoms with Crippen molar-refractivity contribution in [3.05, 3.63) is 58.9 Å². The van der Waals surface area contributed by atoms with Crippen molar-refractivity contribution in [1.29, 1.82) is 0 Å². The van der Waals surface area contributed by atoms with E-state index in [4.69, 9.17) is 21.1 Å². The third-order valence-corrected chi connectivity index (χ3v) is 4.72. The molecule has 1 aromatic carbocycles. The molecule has 1 aliphatic rings. The summed E-state index contributed by atoms with van der Waals surface area (Å²) in [4.78, 5) is 16.9. The van der Waals surface area contributed by atoms with E-state index in [1.165, 1.54) is 5.12 Å². The minimum atomic E-state index is -0.306. The number of carbonyl (C=O) groups excluding carboxylic acids is 1. The number of methoxy groups -OCH3 is 1. The topological polar surface area (TPSA) is 128 Å². The SMILES string of the molecule is COc1cccc(CNC(=O)c2cc(/C(N)=N/N(N)CC3CCCO3)cc(C)n2)c1. The second-order valence-electron chi connectivity index (χ2n) is 7.16. The van der Waals surface area contributed by atoms with Gasteiger partial charge in [-0.05, 0) is 49.6 Å². The Hall–Kier alpha value is -3.17. The summed E-state index contributed by atoms with van der Waals surface area (Å²) in [5, 5.41) is 8.36. The average Bonchev–Trinajstić information content (AvgIpc) is 3.24. The number of hydrogen-bond acceptors (Lipinski definition) is 7. The van der Waals surface area contributed by atoms with E-state index in [1.54, 1.807) is 26.2 Å². The number of amides is 1. The quantitative estimate of drug-likeness (QED) is 0.258. The number of nitrogens with two attached hydrogens (primary N) is 2. The summed E-state index contributed by atoms with van der Waals surface area (Å²) >= 11 is 0. The first-order valence-corrected chi connectivity index (χ1v) is 9.82. The Labute approximate surface area is 176 Å². The Bertz CT molecular complexity index is 911. The van der Waals surface area contributed by atoms with Crippen LogP contribution in [0.4, 0.5) is 0 Å². The molecule has 1 aliphatic heterocycles. The lowest BCUT2D eigenvalue weighted by Gasteiger charge is -2.17. The molecule has 1 atom stereocenters. The molecule has 9 nitrogen and oxygen atoms in total. The molecule has 5 N–H and O–H groups in total. The third-order valence-electron chi connectivity index (χ3n) is 4.72. The number of amidine groups is 1. The van der Waals surface area contributed by atoms with Gasteiger partial charge in [0.25, 0.3) is 5.91 Å². The van der Waals surface area contributed by atoms with E-state index >= 15 is 0 Å². The lowest BCUT2D eigenvalue weighted by molar-refractivity contribution is 0.0743. The van der Waals surface area contributed by atoms with Gasteiger partial charge in [-0.3, -0.25) is 4.79 Å². The second kappa shape index (κ2) is 10.0. The first-order chi connectivity index (χ1) is 14.4. The van der Waals surface area contributed by atoms with Gasteiger partial charge >= 0.3 is 0 Å². The zero-order chi connectivity index (χ0) is 21.5. The van der Waals surface area contributed by atoms with Crippen molar-refractivity contribution in [1.82, 2.24) is 15.4 Å². The van der Waals surface area contributed by atoms with E-state index in [2.05, 4.69) is 15.4 Å². The first-order valence-electron chi connectivity index (χ1n) is 9.82. The number of nitrogens with one attached hydrogen (secondary N) is 1. The van der Waals surface area contributed by atoms with Crippen molar-refractivity contribution >= 4 is 11.7 Å². The molecule has 2 heterocycles. The number of hydrogen-bond donors (Lipinski definition) is 3. The number of aryl methyl sites for hydroxylation is 1. The zero-order valence-corrected chi connectivity index (χ0v) is 17.3. The van der Waals surface area contributed by atoms with E-state index in [0.29, 0.717) is 24.3 Å². The Balaban J connectivity index is 1.67. The monoisotopic (exact) mass is 412 g/mol. The van der Waals surface area contributed by atoms with Crippen molar-refractivity contribution in [2.45, 2.75) is 32.4 Å². The fourth-order valence-corrected chi connectivity index (χ4v) is 3.22. The molecular formula is C21H28N6O3. The molecule has 9 heteroatoms. The van der Waals surface area contributed by atoms with Gasteiger partial charge in [0.05, 0.1) is 19.8 Å². The van der Waals surface area contributed by atoms with Crippen molar-refractivity contribution < 1.29 is 14.3 Å². The molecule has 0 bridgehead atoms. The molecule has 2 aromatic rings. The molecule has 0 spiro atoms. The van der Waals surface area contributed by atoms with Gasteiger partial charge in [0.15, 0.2) is 5.84 Å². The maximum atomic E-state index is 12.6.